The second-order valence-electron chi connectivity index (χ2n) is 10.2. The lowest BCUT2D eigenvalue weighted by Gasteiger charge is -2.25. The molecule has 0 bridgehead atoms. The molecule has 2 aromatic carbocycles. The van der Waals surface area contributed by atoms with Gasteiger partial charge in [-0.1, -0.05) is 12.1 Å². The maximum atomic E-state index is 15.2. The van der Waals surface area contributed by atoms with E-state index in [0.29, 0.717) is 11.6 Å². The first-order valence-corrected chi connectivity index (χ1v) is 12.4. The molecule has 0 radical (unpaired) electrons. The molecule has 1 unspecified atom stereocenters. The summed E-state index contributed by atoms with van der Waals surface area (Å²) in [5.41, 5.74) is 2.70. The maximum absolute atomic E-state index is 15.2. The van der Waals surface area contributed by atoms with Gasteiger partial charge in [0.15, 0.2) is 5.69 Å². The third-order valence-corrected chi connectivity index (χ3v) is 6.72. The number of fused-ring (bicyclic) bond motifs is 1. The molecular formula is C27H21F6N7O2. The van der Waals surface area contributed by atoms with Gasteiger partial charge in [-0.15, -0.1) is 10.2 Å². The van der Waals surface area contributed by atoms with Crippen molar-refractivity contribution in [2.75, 3.05) is 4.90 Å². The fourth-order valence-electron chi connectivity index (χ4n) is 4.39. The van der Waals surface area contributed by atoms with Gasteiger partial charge in [-0.05, 0) is 49.7 Å². The number of halogens is 6. The van der Waals surface area contributed by atoms with Crippen LogP contribution in [0.25, 0.3) is 17.1 Å². The molecule has 0 aliphatic carbocycles. The number of anilines is 1. The van der Waals surface area contributed by atoms with Crippen LogP contribution in [0.3, 0.4) is 0 Å². The first-order chi connectivity index (χ1) is 19.6. The predicted molar refractivity (Wildman–Crippen MR) is 135 cm³/mol. The summed E-state index contributed by atoms with van der Waals surface area (Å²) in [5.74, 6) is -6.19. The highest BCUT2D eigenvalue weighted by molar-refractivity contribution is 5.99. The van der Waals surface area contributed by atoms with E-state index in [-0.39, 0.29) is 35.3 Å². The van der Waals surface area contributed by atoms with Gasteiger partial charge >= 0.3 is 6.18 Å². The molecule has 3 heterocycles. The Hall–Kier alpha value is -4.71. The molecular weight excluding hydrogens is 568 g/mol. The molecule has 0 spiro atoms. The van der Waals surface area contributed by atoms with Crippen molar-refractivity contribution in [3.8, 4) is 23.2 Å². The molecule has 2 aromatic heterocycles. The smallest absolute Gasteiger partial charge is 0.419 e. The Morgan fingerprint density at radius 1 is 1.14 bits per heavy atom. The second-order valence-corrected chi connectivity index (χ2v) is 10.2. The van der Waals surface area contributed by atoms with E-state index in [2.05, 4.69) is 15.3 Å². The highest BCUT2D eigenvalue weighted by Gasteiger charge is 2.45. The van der Waals surface area contributed by atoms with Gasteiger partial charge in [-0.3, -0.25) is 4.79 Å². The first-order valence-electron chi connectivity index (χ1n) is 12.4. The molecule has 1 aliphatic heterocycles. The van der Waals surface area contributed by atoms with E-state index in [1.807, 2.05) is 6.07 Å². The topological polar surface area (TPSA) is 127 Å². The van der Waals surface area contributed by atoms with E-state index in [1.54, 1.807) is 0 Å². The van der Waals surface area contributed by atoms with Crippen LogP contribution in [-0.2, 0) is 28.9 Å². The molecule has 15 heteroatoms. The van der Waals surface area contributed by atoms with Crippen molar-refractivity contribution < 1.29 is 35.6 Å². The van der Waals surface area contributed by atoms with E-state index in [0.717, 1.165) is 27.9 Å². The second kappa shape index (κ2) is 9.98. The number of hydrogen-bond acceptors (Lipinski definition) is 7. The van der Waals surface area contributed by atoms with E-state index in [4.69, 9.17) is 10.2 Å². The Morgan fingerprint density at radius 3 is 2.45 bits per heavy atom. The van der Waals surface area contributed by atoms with Crippen LogP contribution in [0.1, 0.15) is 43.0 Å². The van der Waals surface area contributed by atoms with Crippen LogP contribution < -0.4 is 10.6 Å². The Balaban J connectivity index is 1.54. The zero-order valence-corrected chi connectivity index (χ0v) is 22.0. The van der Waals surface area contributed by atoms with Crippen LogP contribution in [0.5, 0.6) is 0 Å². The predicted octanol–water partition coefficient (Wildman–Crippen LogP) is 5.24. The number of carbonyl (C=O) groups is 1. The summed E-state index contributed by atoms with van der Waals surface area (Å²) >= 11 is 0. The van der Waals surface area contributed by atoms with Crippen molar-refractivity contribution in [1.29, 1.82) is 5.26 Å². The Morgan fingerprint density at radius 2 is 1.83 bits per heavy atom. The average Bonchev–Trinajstić information content (AvgIpc) is 3.61. The Labute approximate surface area is 234 Å². The number of aromatic nitrogens is 4. The maximum Gasteiger partial charge on any atom is 0.435 e. The van der Waals surface area contributed by atoms with Gasteiger partial charge < -0.3 is 15.1 Å². The lowest BCUT2D eigenvalue weighted by atomic mass is 9.96. The molecule has 218 valence electrons. The number of nitriles is 1. The zero-order valence-electron chi connectivity index (χ0n) is 22.0. The van der Waals surface area contributed by atoms with Crippen LogP contribution in [0, 0.1) is 17.1 Å². The Kier molecular flexibility index (Phi) is 6.85. The van der Waals surface area contributed by atoms with Crippen molar-refractivity contribution in [1.82, 2.24) is 20.0 Å². The molecule has 5 rings (SSSR count). The van der Waals surface area contributed by atoms with Gasteiger partial charge in [0, 0.05) is 18.2 Å². The average molecular weight is 590 g/mol. The van der Waals surface area contributed by atoms with Gasteiger partial charge in [-0.25, -0.2) is 17.9 Å². The molecule has 0 saturated carbocycles. The van der Waals surface area contributed by atoms with Crippen molar-refractivity contribution >= 4 is 11.6 Å². The highest BCUT2D eigenvalue weighted by Crippen LogP contribution is 2.45. The SMILES string of the molecule is CC(C)(C#N)c1nnc(-c2cc3c(cc2F)C(F)(F)CC(N)C(=O)N3Cc2ccc(-n3ccc(C(F)(F)F)n3)cc2)o1. The van der Waals surface area contributed by atoms with Crippen LogP contribution in [0.15, 0.2) is 53.1 Å². The minimum atomic E-state index is -4.63. The molecule has 2 N–H and O–H groups in total. The Bertz CT molecular complexity index is 1700. The largest absolute Gasteiger partial charge is 0.435 e. The van der Waals surface area contributed by atoms with E-state index in [9.17, 15) is 23.2 Å². The molecule has 1 atom stereocenters. The lowest BCUT2D eigenvalue weighted by Crippen LogP contribution is -2.43. The van der Waals surface area contributed by atoms with Crippen molar-refractivity contribution in [3.63, 3.8) is 0 Å². The van der Waals surface area contributed by atoms with Gasteiger partial charge in [0.25, 0.3) is 11.8 Å². The zero-order chi connectivity index (χ0) is 30.6. The van der Waals surface area contributed by atoms with Crippen LogP contribution in [0.4, 0.5) is 32.0 Å². The summed E-state index contributed by atoms with van der Waals surface area (Å²) in [6.45, 7) is 2.70. The third-order valence-electron chi connectivity index (χ3n) is 6.72. The molecule has 42 heavy (non-hydrogen) atoms. The van der Waals surface area contributed by atoms with Gasteiger partial charge in [0.2, 0.25) is 11.8 Å². The minimum Gasteiger partial charge on any atom is -0.419 e. The fraction of sp³-hybridized carbons (Fsp3) is 0.296. The molecule has 4 aromatic rings. The van der Waals surface area contributed by atoms with Crippen molar-refractivity contribution in [3.05, 3.63) is 77.2 Å². The number of nitrogens with two attached hydrogens (primary N) is 1. The summed E-state index contributed by atoms with van der Waals surface area (Å²) in [5, 5.41) is 20.4. The van der Waals surface area contributed by atoms with Crippen molar-refractivity contribution in [2.24, 2.45) is 5.73 Å². The molecule has 0 saturated heterocycles. The fourth-order valence-corrected chi connectivity index (χ4v) is 4.39. The normalized spacial score (nSPS) is 17.1. The van der Waals surface area contributed by atoms with Gasteiger partial charge in [-0.2, -0.15) is 23.5 Å². The quantitative estimate of drug-likeness (QED) is 0.316. The van der Waals surface area contributed by atoms with Crippen LogP contribution in [-0.4, -0.2) is 31.9 Å². The van der Waals surface area contributed by atoms with E-state index in [1.165, 1.54) is 38.1 Å². The van der Waals surface area contributed by atoms with E-state index >= 15 is 13.2 Å². The number of amides is 1. The summed E-state index contributed by atoms with van der Waals surface area (Å²) in [6, 6.07) is 8.55. The number of nitrogens with zero attached hydrogens (tertiary/aromatic N) is 6. The minimum absolute atomic E-state index is 0.130. The third kappa shape index (κ3) is 5.20. The van der Waals surface area contributed by atoms with Crippen LogP contribution >= 0.6 is 0 Å². The summed E-state index contributed by atoms with van der Waals surface area (Å²) < 4.78 is 91.0. The van der Waals surface area contributed by atoms with Crippen LogP contribution in [0.2, 0.25) is 0 Å². The highest BCUT2D eigenvalue weighted by atomic mass is 19.4. The number of rotatable bonds is 5. The number of benzene rings is 2. The summed E-state index contributed by atoms with van der Waals surface area (Å²) in [4.78, 5) is 14.2. The number of hydrogen-bond donors (Lipinski definition) is 1. The summed E-state index contributed by atoms with van der Waals surface area (Å²) in [6.07, 6.45) is -4.57. The lowest BCUT2D eigenvalue weighted by molar-refractivity contribution is -0.141. The van der Waals surface area contributed by atoms with E-state index < -0.39 is 53.0 Å². The summed E-state index contributed by atoms with van der Waals surface area (Å²) in [7, 11) is 0. The standard InChI is InChI=1S/C27H21F6N7O2/c1-25(2,13-34)24-37-36-22(42-24)16-9-20-17(10-18(16)28)26(29,30)11-19(35)23(41)39(20)12-14-3-5-15(6-4-14)40-8-7-21(38-40)27(31,32)33/h3-10,19H,11-12,35H2,1-2H3. The van der Waals surface area contributed by atoms with Crippen molar-refractivity contribution in [2.45, 2.75) is 50.4 Å². The first kappa shape index (κ1) is 28.8. The number of carbonyl (C=O) groups excluding carboxylic acids is 1. The molecule has 1 amide bonds. The van der Waals surface area contributed by atoms with Gasteiger partial charge in [0.1, 0.15) is 11.2 Å². The molecule has 0 fully saturated rings. The number of alkyl halides is 5. The molecule has 9 nitrogen and oxygen atoms in total. The molecule has 1 aliphatic rings. The monoisotopic (exact) mass is 589 g/mol. The van der Waals surface area contributed by atoms with Gasteiger partial charge in [0.05, 0.1) is 35.6 Å².